The molecule has 0 bridgehead atoms. The second kappa shape index (κ2) is 16.5. The van der Waals surface area contributed by atoms with Crippen molar-refractivity contribution in [2.24, 2.45) is 0 Å². The van der Waals surface area contributed by atoms with Gasteiger partial charge in [-0.05, 0) is 73.9 Å². The molecule has 34 heavy (non-hydrogen) atoms. The van der Waals surface area contributed by atoms with Crippen LogP contribution in [0.3, 0.4) is 0 Å². The van der Waals surface area contributed by atoms with Gasteiger partial charge in [0.25, 0.3) is 0 Å². The lowest BCUT2D eigenvalue weighted by molar-refractivity contribution is 0.0697. The van der Waals surface area contributed by atoms with Crippen molar-refractivity contribution >= 4 is 5.97 Å². The van der Waals surface area contributed by atoms with Crippen LogP contribution in [0.25, 0.3) is 11.1 Å². The maximum atomic E-state index is 11.1. The largest absolute Gasteiger partial charge is 0.490 e. The van der Waals surface area contributed by atoms with Crippen molar-refractivity contribution in [1.82, 2.24) is 0 Å². The number of rotatable bonds is 17. The van der Waals surface area contributed by atoms with Crippen LogP contribution in [0.4, 0.5) is 0 Å². The highest BCUT2D eigenvalue weighted by atomic mass is 16.5. The monoisotopic (exact) mass is 460 g/mol. The van der Waals surface area contributed by atoms with Crippen molar-refractivity contribution in [3.8, 4) is 16.9 Å². The molecule has 0 saturated heterocycles. The average Bonchev–Trinajstić information content (AvgIpc) is 2.86. The molecule has 1 unspecified atom stereocenters. The Balaban J connectivity index is 1.86. The van der Waals surface area contributed by atoms with Crippen molar-refractivity contribution in [2.75, 3.05) is 0 Å². The van der Waals surface area contributed by atoms with Crippen LogP contribution < -0.4 is 4.74 Å². The number of hydrogen-bond acceptors (Lipinski definition) is 2. The quantitative estimate of drug-likeness (QED) is 0.189. The Morgan fingerprint density at radius 1 is 0.853 bits per heavy atom. The lowest BCUT2D eigenvalue weighted by Gasteiger charge is -2.19. The van der Waals surface area contributed by atoms with E-state index >= 15 is 0 Å². The van der Waals surface area contributed by atoms with E-state index in [9.17, 15) is 4.79 Å². The van der Waals surface area contributed by atoms with Crippen LogP contribution in [-0.4, -0.2) is 17.2 Å². The van der Waals surface area contributed by atoms with E-state index in [1.54, 1.807) is 18.2 Å². The molecular formula is C31H40O3. The van der Waals surface area contributed by atoms with Gasteiger partial charge in [0, 0.05) is 0 Å². The third-order valence-electron chi connectivity index (χ3n) is 5.89. The van der Waals surface area contributed by atoms with E-state index in [1.165, 1.54) is 44.9 Å². The van der Waals surface area contributed by atoms with Gasteiger partial charge in [0.1, 0.15) is 5.75 Å². The number of unbranched alkanes of at least 4 members (excludes halogenated alkanes) is 6. The minimum atomic E-state index is -0.905. The number of carbonyl (C=O) groups is 1. The van der Waals surface area contributed by atoms with Crippen molar-refractivity contribution in [3.05, 3.63) is 91.1 Å². The number of allylic oxidation sites excluding steroid dienone is 5. The molecule has 3 heteroatoms. The molecule has 2 rings (SSSR count). The number of benzene rings is 2. The summed E-state index contributed by atoms with van der Waals surface area (Å²) in [5, 5.41) is 9.08. The van der Waals surface area contributed by atoms with Gasteiger partial charge in [-0.1, -0.05) is 93.8 Å². The van der Waals surface area contributed by atoms with Gasteiger partial charge in [0.05, 0.1) is 11.7 Å². The predicted molar refractivity (Wildman–Crippen MR) is 144 cm³/mol. The van der Waals surface area contributed by atoms with E-state index in [1.807, 2.05) is 48.6 Å². The summed E-state index contributed by atoms with van der Waals surface area (Å²) in [5.41, 5.74) is 2.36. The Kier molecular flexibility index (Phi) is 13.2. The standard InChI is InChI=1S/C31H40O3/c1-3-5-7-9-10-11-12-13-15-17-29(16-14-8-6-4-2)34-30-24-22-27(23-25-30)26-18-20-28(21-19-26)31(32)33/h3,5,7,9-10,18-25,29H,1,4,6,8,11-17H2,2H3,(H,32,33)/b7-5+,10-9-. The van der Waals surface area contributed by atoms with Gasteiger partial charge in [-0.3, -0.25) is 0 Å². The molecule has 0 fully saturated rings. The lowest BCUT2D eigenvalue weighted by Crippen LogP contribution is -2.16. The van der Waals surface area contributed by atoms with E-state index < -0.39 is 5.97 Å². The molecule has 0 radical (unpaired) electrons. The zero-order valence-electron chi connectivity index (χ0n) is 20.6. The smallest absolute Gasteiger partial charge is 0.335 e. The maximum absolute atomic E-state index is 11.1. The summed E-state index contributed by atoms with van der Waals surface area (Å²) >= 11 is 0. The molecule has 0 aliphatic heterocycles. The Hall–Kier alpha value is -3.07. The highest BCUT2D eigenvalue weighted by Gasteiger charge is 2.11. The van der Waals surface area contributed by atoms with Crippen molar-refractivity contribution in [2.45, 2.75) is 77.2 Å². The van der Waals surface area contributed by atoms with E-state index in [0.717, 1.165) is 36.1 Å². The summed E-state index contributed by atoms with van der Waals surface area (Å²) in [6, 6.07) is 15.1. The zero-order chi connectivity index (χ0) is 24.4. The normalized spacial score (nSPS) is 12.3. The van der Waals surface area contributed by atoms with Crippen LogP contribution in [0.5, 0.6) is 5.75 Å². The summed E-state index contributed by atoms with van der Waals surface area (Å²) in [5.74, 6) is 0.000695. The van der Waals surface area contributed by atoms with Crippen LogP contribution in [0.2, 0.25) is 0 Å². The third kappa shape index (κ3) is 10.7. The van der Waals surface area contributed by atoms with Crippen LogP contribution in [0, 0.1) is 0 Å². The number of aromatic carboxylic acids is 1. The molecule has 0 aliphatic carbocycles. The van der Waals surface area contributed by atoms with Gasteiger partial charge in [-0.25, -0.2) is 4.79 Å². The van der Waals surface area contributed by atoms with Crippen LogP contribution in [0.15, 0.2) is 85.5 Å². The topological polar surface area (TPSA) is 46.5 Å². The predicted octanol–water partition coefficient (Wildman–Crippen LogP) is 9.02. The van der Waals surface area contributed by atoms with Crippen molar-refractivity contribution < 1.29 is 14.6 Å². The lowest BCUT2D eigenvalue weighted by atomic mass is 10.0. The molecule has 2 aromatic rings. The molecule has 0 heterocycles. The molecule has 2 aromatic carbocycles. The van der Waals surface area contributed by atoms with E-state index in [2.05, 4.69) is 25.7 Å². The van der Waals surface area contributed by atoms with E-state index in [4.69, 9.17) is 9.84 Å². The minimum Gasteiger partial charge on any atom is -0.490 e. The number of ether oxygens (including phenoxy) is 1. The zero-order valence-corrected chi connectivity index (χ0v) is 20.6. The van der Waals surface area contributed by atoms with Crippen molar-refractivity contribution in [1.29, 1.82) is 0 Å². The first-order chi connectivity index (χ1) is 16.6. The molecule has 1 N–H and O–H groups in total. The molecule has 1 atom stereocenters. The van der Waals surface area contributed by atoms with Gasteiger partial charge < -0.3 is 9.84 Å². The van der Waals surface area contributed by atoms with Gasteiger partial charge in [0.15, 0.2) is 0 Å². The van der Waals surface area contributed by atoms with Crippen LogP contribution in [0.1, 0.15) is 81.5 Å². The molecule has 0 spiro atoms. The van der Waals surface area contributed by atoms with E-state index in [-0.39, 0.29) is 6.10 Å². The second-order valence-electron chi connectivity index (χ2n) is 8.68. The molecular weight excluding hydrogens is 420 g/mol. The fraction of sp³-hybridized carbons (Fsp3) is 0.387. The van der Waals surface area contributed by atoms with Gasteiger partial charge in [0.2, 0.25) is 0 Å². The number of carboxylic acid groups (broad SMARTS) is 1. The maximum Gasteiger partial charge on any atom is 0.335 e. The van der Waals surface area contributed by atoms with Gasteiger partial charge in [-0.15, -0.1) is 0 Å². The van der Waals surface area contributed by atoms with E-state index in [0.29, 0.717) is 5.56 Å². The number of carboxylic acids is 1. The van der Waals surface area contributed by atoms with Gasteiger partial charge in [-0.2, -0.15) is 0 Å². The third-order valence-corrected chi connectivity index (χ3v) is 5.89. The van der Waals surface area contributed by atoms with Gasteiger partial charge >= 0.3 is 5.97 Å². The minimum absolute atomic E-state index is 0.253. The molecule has 182 valence electrons. The molecule has 0 aromatic heterocycles. The SMILES string of the molecule is C=C/C=C/C=C\CCCCCC(CCCCCC)Oc1ccc(-c2ccc(C(=O)O)cc2)cc1. The highest BCUT2D eigenvalue weighted by Crippen LogP contribution is 2.25. The first-order valence-electron chi connectivity index (χ1n) is 12.7. The Morgan fingerprint density at radius 3 is 2.06 bits per heavy atom. The molecule has 0 aliphatic rings. The average molecular weight is 461 g/mol. The first-order valence-corrected chi connectivity index (χ1v) is 12.7. The number of hydrogen-bond donors (Lipinski definition) is 1. The second-order valence-corrected chi connectivity index (χ2v) is 8.68. The Labute approximate surface area is 205 Å². The molecule has 3 nitrogen and oxygen atoms in total. The summed E-state index contributed by atoms with van der Waals surface area (Å²) in [7, 11) is 0. The molecule has 0 saturated carbocycles. The summed E-state index contributed by atoms with van der Waals surface area (Å²) in [4.78, 5) is 11.1. The highest BCUT2D eigenvalue weighted by molar-refractivity contribution is 5.88. The Bertz CT molecular complexity index is 891. The molecule has 0 amide bonds. The fourth-order valence-corrected chi connectivity index (χ4v) is 3.91. The van der Waals surface area contributed by atoms with Crippen LogP contribution in [-0.2, 0) is 0 Å². The first kappa shape index (κ1) is 27.2. The fourth-order valence-electron chi connectivity index (χ4n) is 3.91. The Morgan fingerprint density at radius 2 is 1.47 bits per heavy atom. The van der Waals surface area contributed by atoms with Crippen molar-refractivity contribution in [3.63, 3.8) is 0 Å². The summed E-state index contributed by atoms with van der Waals surface area (Å²) < 4.78 is 6.40. The summed E-state index contributed by atoms with van der Waals surface area (Å²) in [6.45, 7) is 5.92. The summed E-state index contributed by atoms with van der Waals surface area (Å²) in [6.07, 6.45) is 22.2. The van der Waals surface area contributed by atoms with Crippen LogP contribution >= 0.6 is 0 Å².